The van der Waals surface area contributed by atoms with E-state index in [1.807, 2.05) is 30.3 Å². The number of nitrogens with zero attached hydrogens (tertiary/aromatic N) is 4. The first-order valence-corrected chi connectivity index (χ1v) is 9.98. The fourth-order valence-electron chi connectivity index (χ4n) is 2.50. The van der Waals surface area contributed by atoms with Gasteiger partial charge >= 0.3 is 6.09 Å². The second-order valence-electron chi connectivity index (χ2n) is 6.57. The van der Waals surface area contributed by atoms with E-state index >= 15 is 0 Å². The van der Waals surface area contributed by atoms with Crippen LogP contribution in [-0.2, 0) is 20.9 Å². The number of amidine groups is 1. The number of pyridine rings is 1. The van der Waals surface area contributed by atoms with Crippen LogP contribution in [0.25, 0.3) is 0 Å². The number of nitrogens with one attached hydrogen (secondary N) is 2. The molecule has 2 N–H and O–H groups in total. The van der Waals surface area contributed by atoms with Gasteiger partial charge in [0.15, 0.2) is 18.2 Å². The van der Waals surface area contributed by atoms with E-state index in [1.165, 1.54) is 5.01 Å². The number of methoxy groups -OCH3 is 1. The number of unbranched alkanes of at least 4 members (excludes halogenated alkanes) is 1. The molecule has 1 aromatic heterocycles. The summed E-state index contributed by atoms with van der Waals surface area (Å²) in [5, 5.41) is 20.0. The topological polar surface area (TPSA) is 121 Å². The lowest BCUT2D eigenvalue weighted by Gasteiger charge is -2.15. The Morgan fingerprint density at radius 2 is 1.91 bits per heavy atom. The SMILES string of the molecule is C=NN(C)C(=N)/C(=N\OCc1cccc(NC(=O)OCCCCOC)n1)c1ccccc1. The highest BCUT2D eigenvalue weighted by Crippen LogP contribution is 2.09. The van der Waals surface area contributed by atoms with Crippen LogP contribution in [-0.4, -0.2) is 61.7 Å². The summed E-state index contributed by atoms with van der Waals surface area (Å²) in [6.45, 7) is 4.40. The molecular formula is C22H28N6O4. The van der Waals surface area contributed by atoms with E-state index in [0.29, 0.717) is 36.0 Å². The Morgan fingerprint density at radius 3 is 2.62 bits per heavy atom. The van der Waals surface area contributed by atoms with Crippen molar-refractivity contribution in [3.63, 3.8) is 0 Å². The van der Waals surface area contributed by atoms with Gasteiger partial charge in [-0.05, 0) is 25.0 Å². The van der Waals surface area contributed by atoms with Gasteiger partial charge < -0.3 is 14.3 Å². The van der Waals surface area contributed by atoms with Gasteiger partial charge in [0.25, 0.3) is 0 Å². The number of hydrazone groups is 1. The van der Waals surface area contributed by atoms with E-state index in [2.05, 4.69) is 27.3 Å². The van der Waals surface area contributed by atoms with Crippen molar-refractivity contribution in [3.8, 4) is 0 Å². The summed E-state index contributed by atoms with van der Waals surface area (Å²) < 4.78 is 10.1. The summed E-state index contributed by atoms with van der Waals surface area (Å²) in [5.41, 5.74) is 1.54. The van der Waals surface area contributed by atoms with Crippen molar-refractivity contribution in [2.45, 2.75) is 19.4 Å². The number of carbonyl (C=O) groups is 1. The minimum atomic E-state index is -0.578. The van der Waals surface area contributed by atoms with Crippen molar-refractivity contribution in [2.24, 2.45) is 10.3 Å². The molecule has 1 amide bonds. The van der Waals surface area contributed by atoms with E-state index in [0.717, 1.165) is 12.8 Å². The van der Waals surface area contributed by atoms with Crippen molar-refractivity contribution in [3.05, 3.63) is 59.8 Å². The third kappa shape index (κ3) is 8.15. The van der Waals surface area contributed by atoms with Crippen LogP contribution in [0.1, 0.15) is 24.1 Å². The monoisotopic (exact) mass is 440 g/mol. The average Bonchev–Trinajstić information content (AvgIpc) is 2.81. The van der Waals surface area contributed by atoms with Crippen molar-refractivity contribution >= 4 is 30.2 Å². The van der Waals surface area contributed by atoms with E-state index < -0.39 is 6.09 Å². The number of hydrogen-bond acceptors (Lipinski definition) is 8. The third-order valence-corrected chi connectivity index (χ3v) is 4.19. The molecule has 0 saturated heterocycles. The Labute approximate surface area is 187 Å². The molecule has 0 saturated carbocycles. The van der Waals surface area contributed by atoms with E-state index in [4.69, 9.17) is 19.7 Å². The molecule has 0 radical (unpaired) electrons. The minimum absolute atomic E-state index is 0.0304. The summed E-state index contributed by atoms with van der Waals surface area (Å²) in [7, 11) is 3.23. The molecule has 0 unspecified atom stereocenters. The smallest absolute Gasteiger partial charge is 0.412 e. The Hall–Kier alpha value is -3.79. The number of rotatable bonds is 12. The van der Waals surface area contributed by atoms with Crippen LogP contribution in [0.2, 0.25) is 0 Å². The Morgan fingerprint density at radius 1 is 1.16 bits per heavy atom. The molecule has 10 nitrogen and oxygen atoms in total. The van der Waals surface area contributed by atoms with Gasteiger partial charge in [0.05, 0.1) is 12.3 Å². The van der Waals surface area contributed by atoms with Crippen LogP contribution < -0.4 is 5.32 Å². The van der Waals surface area contributed by atoms with E-state index in [1.54, 1.807) is 32.4 Å². The number of amides is 1. The quantitative estimate of drug-likeness (QED) is 0.225. The molecule has 0 bridgehead atoms. The highest BCUT2D eigenvalue weighted by atomic mass is 16.6. The molecule has 1 heterocycles. The van der Waals surface area contributed by atoms with Crippen molar-refractivity contribution < 1.29 is 19.1 Å². The molecule has 10 heteroatoms. The van der Waals surface area contributed by atoms with Crippen LogP contribution in [0, 0.1) is 5.41 Å². The molecule has 0 spiro atoms. The number of likely N-dealkylation sites (N-methyl/N-ethyl adjacent to an activating group) is 1. The number of anilines is 1. The van der Waals surface area contributed by atoms with Crippen LogP contribution in [0.3, 0.4) is 0 Å². The second kappa shape index (κ2) is 13.5. The number of ether oxygens (including phenoxy) is 2. The van der Waals surface area contributed by atoms with Gasteiger partial charge in [-0.25, -0.2) is 9.78 Å². The molecule has 32 heavy (non-hydrogen) atoms. The first-order chi connectivity index (χ1) is 15.5. The average molecular weight is 441 g/mol. The van der Waals surface area contributed by atoms with Gasteiger partial charge in [-0.3, -0.25) is 15.7 Å². The van der Waals surface area contributed by atoms with Crippen molar-refractivity contribution in [2.75, 3.05) is 32.7 Å². The molecule has 170 valence electrons. The number of oxime groups is 1. The van der Waals surface area contributed by atoms with Gasteiger partial charge in [0.1, 0.15) is 5.82 Å². The lowest BCUT2D eigenvalue weighted by molar-refractivity contribution is 0.128. The van der Waals surface area contributed by atoms with Crippen molar-refractivity contribution in [1.29, 1.82) is 5.41 Å². The van der Waals surface area contributed by atoms with Crippen LogP contribution >= 0.6 is 0 Å². The predicted octanol–water partition coefficient (Wildman–Crippen LogP) is 3.50. The summed E-state index contributed by atoms with van der Waals surface area (Å²) >= 11 is 0. The Kier molecular flexibility index (Phi) is 10.3. The molecular weight excluding hydrogens is 412 g/mol. The lowest BCUT2D eigenvalue weighted by Crippen LogP contribution is -2.29. The maximum Gasteiger partial charge on any atom is 0.412 e. The first kappa shape index (κ1) is 24.5. The molecule has 0 fully saturated rings. The Balaban J connectivity index is 1.97. The number of benzene rings is 1. The summed E-state index contributed by atoms with van der Waals surface area (Å²) in [6, 6.07) is 14.3. The van der Waals surface area contributed by atoms with Gasteiger partial charge in [0, 0.05) is 33.0 Å². The maximum atomic E-state index is 11.9. The normalized spacial score (nSPS) is 10.9. The van der Waals surface area contributed by atoms with Crippen LogP contribution in [0.4, 0.5) is 10.6 Å². The first-order valence-electron chi connectivity index (χ1n) is 9.98. The summed E-state index contributed by atoms with van der Waals surface area (Å²) in [5.74, 6) is 0.367. The second-order valence-corrected chi connectivity index (χ2v) is 6.57. The maximum absolute atomic E-state index is 11.9. The van der Waals surface area contributed by atoms with Gasteiger partial charge in [0.2, 0.25) is 0 Å². The third-order valence-electron chi connectivity index (χ3n) is 4.19. The molecule has 1 aromatic carbocycles. The van der Waals surface area contributed by atoms with Crippen LogP contribution in [0.5, 0.6) is 0 Å². The molecule has 0 atom stereocenters. The zero-order chi connectivity index (χ0) is 23.2. The van der Waals surface area contributed by atoms with Gasteiger partial charge in [-0.15, -0.1) is 0 Å². The van der Waals surface area contributed by atoms with Crippen molar-refractivity contribution in [1.82, 2.24) is 9.99 Å². The summed E-state index contributed by atoms with van der Waals surface area (Å²) in [6.07, 6.45) is 0.956. The van der Waals surface area contributed by atoms with Gasteiger partial charge in [-0.1, -0.05) is 41.6 Å². The fraction of sp³-hybridized carbons (Fsp3) is 0.318. The molecule has 0 aliphatic carbocycles. The zero-order valence-electron chi connectivity index (χ0n) is 18.3. The van der Waals surface area contributed by atoms with Gasteiger partial charge in [-0.2, -0.15) is 5.10 Å². The number of aromatic nitrogens is 1. The number of hydrogen-bond donors (Lipinski definition) is 2. The number of carbonyl (C=O) groups excluding carboxylic acids is 1. The standard InChI is InChI=1S/C22H28N6O4/c1-24-28(2)21(23)20(17-10-5-4-6-11-17)27-32-16-18-12-9-13-19(25-18)26-22(29)31-15-8-7-14-30-3/h4-6,9-13,23H,1,7-8,14-16H2,2-3H3,(H,25,26,29)/b23-21?,27-20-. The molecule has 2 rings (SSSR count). The highest BCUT2D eigenvalue weighted by molar-refractivity contribution is 6.46. The zero-order valence-corrected chi connectivity index (χ0v) is 18.3. The molecule has 0 aliphatic rings. The van der Waals surface area contributed by atoms with Crippen LogP contribution in [0.15, 0.2) is 58.8 Å². The lowest BCUT2D eigenvalue weighted by atomic mass is 10.1. The largest absolute Gasteiger partial charge is 0.449 e. The fourth-order valence-corrected chi connectivity index (χ4v) is 2.50. The minimum Gasteiger partial charge on any atom is -0.449 e. The Bertz CT molecular complexity index is 920. The molecule has 2 aromatic rings. The van der Waals surface area contributed by atoms with E-state index in [-0.39, 0.29) is 12.4 Å². The highest BCUT2D eigenvalue weighted by Gasteiger charge is 2.15. The summed E-state index contributed by atoms with van der Waals surface area (Å²) in [4.78, 5) is 21.7. The van der Waals surface area contributed by atoms with E-state index in [9.17, 15) is 4.79 Å². The molecule has 0 aliphatic heterocycles. The predicted molar refractivity (Wildman–Crippen MR) is 123 cm³/mol.